The molecule has 0 unspecified atom stereocenters. The van der Waals surface area contributed by atoms with Gasteiger partial charge in [-0.15, -0.1) is 0 Å². The van der Waals surface area contributed by atoms with Gasteiger partial charge in [-0.2, -0.15) is 5.10 Å². The maximum atomic E-state index is 4.36. The van der Waals surface area contributed by atoms with E-state index in [9.17, 15) is 0 Å². The topological polar surface area (TPSA) is 42.7 Å². The van der Waals surface area contributed by atoms with Crippen molar-refractivity contribution in [2.75, 3.05) is 5.32 Å². The molecule has 0 atom stereocenters. The van der Waals surface area contributed by atoms with Gasteiger partial charge in [0, 0.05) is 13.2 Å². The van der Waals surface area contributed by atoms with Crippen LogP contribution in [0, 0.1) is 0 Å². The Balaban J connectivity index is 2.26. The van der Waals surface area contributed by atoms with Crippen LogP contribution in [0.4, 0.5) is 11.5 Å². The largest absolute Gasteiger partial charge is 0.337 e. The minimum absolute atomic E-state index is 0.817. The zero-order valence-electron chi connectivity index (χ0n) is 9.24. The Hall–Kier alpha value is -1.36. The fourth-order valence-electron chi connectivity index (χ4n) is 1.52. The molecule has 84 valence electrons. The lowest BCUT2D eigenvalue weighted by Gasteiger charge is -2.04. The second-order valence-electron chi connectivity index (χ2n) is 3.49. The summed E-state index contributed by atoms with van der Waals surface area (Å²) in [6.07, 6.45) is 2.86. The minimum Gasteiger partial charge on any atom is -0.337 e. The van der Waals surface area contributed by atoms with Crippen molar-refractivity contribution in [3.05, 3.63) is 34.7 Å². The summed E-state index contributed by atoms with van der Waals surface area (Å²) in [6.45, 7) is 2.09. The SMILES string of the molecule is CCc1nn(C)cc1Nc1cccc(Br)n1. The second kappa shape index (κ2) is 4.65. The number of pyridine rings is 1. The van der Waals surface area contributed by atoms with E-state index < -0.39 is 0 Å². The molecule has 0 aromatic carbocycles. The number of hydrogen-bond acceptors (Lipinski definition) is 3. The van der Waals surface area contributed by atoms with Crippen molar-refractivity contribution in [1.29, 1.82) is 0 Å². The van der Waals surface area contributed by atoms with Crippen molar-refractivity contribution in [1.82, 2.24) is 14.8 Å². The first-order valence-electron chi connectivity index (χ1n) is 5.11. The van der Waals surface area contributed by atoms with E-state index in [4.69, 9.17) is 0 Å². The summed E-state index contributed by atoms with van der Waals surface area (Å²) in [5.41, 5.74) is 2.06. The van der Waals surface area contributed by atoms with E-state index in [1.165, 1.54) is 0 Å². The van der Waals surface area contributed by atoms with E-state index in [1.807, 2.05) is 31.4 Å². The lowest BCUT2D eigenvalue weighted by atomic mass is 10.3. The zero-order chi connectivity index (χ0) is 11.5. The van der Waals surface area contributed by atoms with Gasteiger partial charge >= 0.3 is 0 Å². The van der Waals surface area contributed by atoms with Crippen LogP contribution in [0.1, 0.15) is 12.6 Å². The summed E-state index contributed by atoms with van der Waals surface area (Å²) in [5.74, 6) is 0.817. The van der Waals surface area contributed by atoms with Crippen LogP contribution in [-0.4, -0.2) is 14.8 Å². The number of anilines is 2. The third-order valence-corrected chi connectivity index (χ3v) is 2.66. The highest BCUT2D eigenvalue weighted by Gasteiger charge is 2.06. The smallest absolute Gasteiger partial charge is 0.131 e. The Kier molecular flexibility index (Phi) is 3.24. The third kappa shape index (κ3) is 2.41. The van der Waals surface area contributed by atoms with Crippen LogP contribution in [0.25, 0.3) is 0 Å². The standard InChI is InChI=1S/C11H13BrN4/c1-3-8-9(7-16(2)15-8)13-11-6-4-5-10(12)14-11/h4-7H,3H2,1-2H3,(H,13,14). The quantitative estimate of drug-likeness (QED) is 0.880. The van der Waals surface area contributed by atoms with Crippen molar-refractivity contribution in [3.63, 3.8) is 0 Å². The van der Waals surface area contributed by atoms with E-state index in [0.29, 0.717) is 0 Å². The van der Waals surface area contributed by atoms with Gasteiger partial charge < -0.3 is 5.32 Å². The Morgan fingerprint density at radius 1 is 1.44 bits per heavy atom. The molecular weight excluding hydrogens is 268 g/mol. The molecule has 0 radical (unpaired) electrons. The molecule has 0 fully saturated rings. The Morgan fingerprint density at radius 2 is 2.25 bits per heavy atom. The summed E-state index contributed by atoms with van der Waals surface area (Å²) in [6, 6.07) is 5.77. The first kappa shape index (κ1) is 11.1. The average molecular weight is 281 g/mol. The van der Waals surface area contributed by atoms with Crippen LogP contribution in [0.15, 0.2) is 29.0 Å². The molecule has 0 bridgehead atoms. The van der Waals surface area contributed by atoms with Crippen molar-refractivity contribution < 1.29 is 0 Å². The van der Waals surface area contributed by atoms with Crippen molar-refractivity contribution >= 4 is 27.4 Å². The van der Waals surface area contributed by atoms with Crippen LogP contribution in [0.5, 0.6) is 0 Å². The Morgan fingerprint density at radius 3 is 2.94 bits per heavy atom. The number of halogens is 1. The van der Waals surface area contributed by atoms with Crippen molar-refractivity contribution in [2.45, 2.75) is 13.3 Å². The Labute approximate surface area is 103 Å². The summed E-state index contributed by atoms with van der Waals surface area (Å²) < 4.78 is 2.62. The molecular formula is C11H13BrN4. The average Bonchev–Trinajstić information content (AvgIpc) is 2.59. The monoisotopic (exact) mass is 280 g/mol. The van der Waals surface area contributed by atoms with Gasteiger partial charge in [-0.1, -0.05) is 13.0 Å². The van der Waals surface area contributed by atoms with Gasteiger partial charge in [-0.3, -0.25) is 4.68 Å². The molecule has 0 aliphatic carbocycles. The van der Waals surface area contributed by atoms with Crippen LogP contribution in [0.3, 0.4) is 0 Å². The molecule has 0 aliphatic heterocycles. The highest BCUT2D eigenvalue weighted by molar-refractivity contribution is 9.10. The summed E-state index contributed by atoms with van der Waals surface area (Å²) in [7, 11) is 1.92. The molecule has 2 aromatic heterocycles. The molecule has 16 heavy (non-hydrogen) atoms. The van der Waals surface area contributed by atoms with Gasteiger partial charge in [0.1, 0.15) is 10.4 Å². The van der Waals surface area contributed by atoms with Crippen molar-refractivity contribution in [3.8, 4) is 0 Å². The number of hydrogen-bond donors (Lipinski definition) is 1. The van der Waals surface area contributed by atoms with Crippen LogP contribution >= 0.6 is 15.9 Å². The maximum absolute atomic E-state index is 4.36. The van der Waals surface area contributed by atoms with Crippen LogP contribution in [0.2, 0.25) is 0 Å². The molecule has 0 aliphatic rings. The number of aryl methyl sites for hydroxylation is 2. The van der Waals surface area contributed by atoms with E-state index >= 15 is 0 Å². The molecule has 0 spiro atoms. The predicted octanol–water partition coefficient (Wildman–Crippen LogP) is 2.88. The molecule has 4 nitrogen and oxygen atoms in total. The minimum atomic E-state index is 0.817. The Bertz CT molecular complexity index is 492. The highest BCUT2D eigenvalue weighted by Crippen LogP contribution is 2.19. The van der Waals surface area contributed by atoms with Gasteiger partial charge in [0.25, 0.3) is 0 Å². The fourth-order valence-corrected chi connectivity index (χ4v) is 1.86. The zero-order valence-corrected chi connectivity index (χ0v) is 10.8. The third-order valence-electron chi connectivity index (χ3n) is 2.22. The number of nitrogens with one attached hydrogen (secondary N) is 1. The van der Waals surface area contributed by atoms with Gasteiger partial charge in [0.2, 0.25) is 0 Å². The number of nitrogens with zero attached hydrogens (tertiary/aromatic N) is 3. The predicted molar refractivity (Wildman–Crippen MR) is 67.8 cm³/mol. The van der Waals surface area contributed by atoms with Crippen LogP contribution in [-0.2, 0) is 13.5 Å². The molecule has 5 heteroatoms. The van der Waals surface area contributed by atoms with Gasteiger partial charge in [0.05, 0.1) is 11.4 Å². The molecule has 0 amide bonds. The number of aromatic nitrogens is 3. The summed E-state index contributed by atoms with van der Waals surface area (Å²) in [5, 5.41) is 7.62. The molecule has 2 heterocycles. The van der Waals surface area contributed by atoms with Crippen molar-refractivity contribution in [2.24, 2.45) is 7.05 Å². The molecule has 2 rings (SSSR count). The number of rotatable bonds is 3. The summed E-state index contributed by atoms with van der Waals surface area (Å²) in [4.78, 5) is 4.32. The van der Waals surface area contributed by atoms with E-state index in [2.05, 4.69) is 38.3 Å². The highest BCUT2D eigenvalue weighted by atomic mass is 79.9. The second-order valence-corrected chi connectivity index (χ2v) is 4.30. The van der Waals surface area contributed by atoms with Gasteiger partial charge in [-0.25, -0.2) is 4.98 Å². The normalized spacial score (nSPS) is 10.4. The molecule has 1 N–H and O–H groups in total. The molecule has 2 aromatic rings. The van der Waals surface area contributed by atoms with E-state index in [-0.39, 0.29) is 0 Å². The first-order chi connectivity index (χ1) is 7.69. The lowest BCUT2D eigenvalue weighted by Crippen LogP contribution is -1.95. The van der Waals surface area contributed by atoms with Gasteiger partial charge in [-0.05, 0) is 34.5 Å². The molecule has 0 saturated heterocycles. The van der Waals surface area contributed by atoms with E-state index in [1.54, 1.807) is 4.68 Å². The molecule has 0 saturated carbocycles. The lowest BCUT2D eigenvalue weighted by molar-refractivity contribution is 0.746. The maximum Gasteiger partial charge on any atom is 0.131 e. The summed E-state index contributed by atoms with van der Waals surface area (Å²) >= 11 is 3.34. The van der Waals surface area contributed by atoms with E-state index in [0.717, 1.165) is 28.2 Å². The van der Waals surface area contributed by atoms with Crippen LogP contribution < -0.4 is 5.32 Å². The fraction of sp³-hybridized carbons (Fsp3) is 0.273. The first-order valence-corrected chi connectivity index (χ1v) is 5.90. The van der Waals surface area contributed by atoms with Gasteiger partial charge in [0.15, 0.2) is 0 Å².